The van der Waals surface area contributed by atoms with Crippen LogP contribution in [0.4, 0.5) is 32.9 Å². The highest BCUT2D eigenvalue weighted by Crippen LogP contribution is 2.56. The van der Waals surface area contributed by atoms with Crippen molar-refractivity contribution < 1.29 is 31.8 Å². The summed E-state index contributed by atoms with van der Waals surface area (Å²) in [5, 5.41) is 10.7. The Morgan fingerprint density at radius 2 is 1.77 bits per heavy atom. The van der Waals surface area contributed by atoms with Gasteiger partial charge in [-0.2, -0.15) is 23.1 Å². The Morgan fingerprint density at radius 3 is 2.45 bits per heavy atom. The Morgan fingerprint density at radius 1 is 1.04 bits per heavy atom. The van der Waals surface area contributed by atoms with Crippen molar-refractivity contribution in [2.75, 3.05) is 37.4 Å². The zero-order chi connectivity index (χ0) is 32.9. The maximum Gasteiger partial charge on any atom is 0.417 e. The number of nitrogen functional groups attached to an aromatic ring is 1. The van der Waals surface area contributed by atoms with Crippen LogP contribution in [-0.2, 0) is 6.18 Å². The summed E-state index contributed by atoms with van der Waals surface area (Å²) < 4.78 is 82.5. The van der Waals surface area contributed by atoms with Crippen LogP contribution in [-0.4, -0.2) is 69.4 Å². The molecule has 0 amide bonds. The Hall–Kier alpha value is -3.36. The highest BCUT2D eigenvalue weighted by molar-refractivity contribution is 7.22. The van der Waals surface area contributed by atoms with Crippen molar-refractivity contribution in [3.63, 3.8) is 0 Å². The van der Waals surface area contributed by atoms with Gasteiger partial charge in [0.15, 0.2) is 10.9 Å². The fourth-order valence-corrected chi connectivity index (χ4v) is 9.76. The van der Waals surface area contributed by atoms with E-state index in [9.17, 15) is 22.7 Å². The van der Waals surface area contributed by atoms with Crippen molar-refractivity contribution in [2.24, 2.45) is 5.41 Å². The number of halogens is 5. The third kappa shape index (κ3) is 4.68. The summed E-state index contributed by atoms with van der Waals surface area (Å²) in [4.78, 5) is 17.3. The predicted molar refractivity (Wildman–Crippen MR) is 169 cm³/mol. The van der Waals surface area contributed by atoms with Crippen molar-refractivity contribution in [1.29, 1.82) is 0 Å². The van der Waals surface area contributed by atoms with E-state index in [0.717, 1.165) is 94.0 Å². The zero-order valence-corrected chi connectivity index (χ0v) is 26.7. The van der Waals surface area contributed by atoms with Gasteiger partial charge in [0.1, 0.15) is 23.8 Å². The number of fused-ring (bicyclic) bond motifs is 3. The lowest BCUT2D eigenvalue weighted by molar-refractivity contribution is -0.137. The Kier molecular flexibility index (Phi) is 7.13. The van der Waals surface area contributed by atoms with Gasteiger partial charge in [0.05, 0.1) is 27.4 Å². The number of ether oxygens (including phenoxy) is 1. The first-order chi connectivity index (χ1) is 22.4. The lowest BCUT2D eigenvalue weighted by Gasteiger charge is -2.55. The van der Waals surface area contributed by atoms with Gasteiger partial charge in [0.25, 0.3) is 0 Å². The smallest absolute Gasteiger partial charge is 0.417 e. The molecule has 2 atom stereocenters. The molecule has 2 aromatic heterocycles. The monoisotopic (exact) mass is 674 g/mol. The van der Waals surface area contributed by atoms with Crippen LogP contribution in [0.1, 0.15) is 63.4 Å². The van der Waals surface area contributed by atoms with Crippen molar-refractivity contribution in [1.82, 2.24) is 19.9 Å². The molecule has 1 spiro atoms. The molecule has 2 aliphatic heterocycles. The molecule has 2 saturated carbocycles. The van der Waals surface area contributed by atoms with E-state index in [0.29, 0.717) is 6.42 Å². The molecule has 4 heterocycles. The minimum absolute atomic E-state index is 0.0567. The third-order valence-corrected chi connectivity index (χ3v) is 12.3. The molecule has 4 fully saturated rings. The van der Waals surface area contributed by atoms with Crippen LogP contribution >= 0.6 is 11.3 Å². The second kappa shape index (κ2) is 10.8. The second-order valence-corrected chi connectivity index (χ2v) is 14.7. The average molecular weight is 675 g/mol. The summed E-state index contributed by atoms with van der Waals surface area (Å²) in [6, 6.07) is 2.62. The van der Waals surface area contributed by atoms with Crippen molar-refractivity contribution in [2.45, 2.75) is 81.6 Å². The summed E-state index contributed by atoms with van der Waals surface area (Å²) in [5.41, 5.74) is 2.45. The minimum atomic E-state index is -5.00. The van der Waals surface area contributed by atoms with Crippen molar-refractivity contribution >= 4 is 43.4 Å². The van der Waals surface area contributed by atoms with E-state index in [1.54, 1.807) is 11.9 Å². The van der Waals surface area contributed by atoms with Crippen LogP contribution < -0.4 is 15.4 Å². The topological polar surface area (TPSA) is 101 Å². The van der Waals surface area contributed by atoms with Gasteiger partial charge in [0.2, 0.25) is 0 Å². The first kappa shape index (κ1) is 30.9. The lowest BCUT2D eigenvalue weighted by Crippen LogP contribution is -2.62. The number of benzene rings is 2. The number of hydrogen-bond acceptors (Lipinski definition) is 9. The van der Waals surface area contributed by atoms with Gasteiger partial charge in [-0.15, -0.1) is 0 Å². The van der Waals surface area contributed by atoms with Gasteiger partial charge in [0, 0.05) is 35.0 Å². The molecule has 4 aliphatic rings. The fraction of sp³-hybridized carbons (Fsp3) is 0.545. The summed E-state index contributed by atoms with van der Waals surface area (Å²) in [7, 11) is 1.73. The number of aliphatic hydroxyl groups excluding tert-OH is 1. The molecular weight excluding hydrogens is 639 g/mol. The van der Waals surface area contributed by atoms with Crippen molar-refractivity contribution in [3.8, 4) is 17.1 Å². The van der Waals surface area contributed by atoms with Gasteiger partial charge in [-0.05, 0) is 76.2 Å². The number of aromatic nitrogens is 3. The predicted octanol–water partition coefficient (Wildman–Crippen LogP) is 6.92. The van der Waals surface area contributed by atoms with E-state index < -0.39 is 40.5 Å². The molecule has 250 valence electrons. The molecule has 2 aromatic carbocycles. The molecule has 0 bridgehead atoms. The number of aliphatic hydroxyl groups is 1. The first-order valence-corrected chi connectivity index (χ1v) is 17.0. The molecule has 4 aromatic rings. The standard InChI is InChI=1S/C33H35F5N6O2S/c1-43(21-15-22(45)32(21)10-2-3-11-32)28-18-14-19(33(36,37)38)23(17-6-7-20(34)27-26(17)40-29(39)47-27)24(35)25(18)41-30(42-28)46-16-31-8-4-12-44(31)13-5-9-31/h6-7,14,21-22,45H,2-5,8-13,15-16H2,1H3,(H2,39,40). The van der Waals surface area contributed by atoms with E-state index in [4.69, 9.17) is 10.5 Å². The molecule has 47 heavy (non-hydrogen) atoms. The maximum atomic E-state index is 17.0. The van der Waals surface area contributed by atoms with E-state index in [1.165, 1.54) is 0 Å². The average Bonchev–Trinajstić information content (AvgIpc) is 3.83. The number of nitrogens with zero attached hydrogens (tertiary/aromatic N) is 5. The van der Waals surface area contributed by atoms with Gasteiger partial charge in [-0.25, -0.2) is 13.8 Å². The van der Waals surface area contributed by atoms with Gasteiger partial charge in [-0.1, -0.05) is 24.2 Å². The summed E-state index contributed by atoms with van der Waals surface area (Å²) in [5.74, 6) is -1.84. The van der Waals surface area contributed by atoms with Crippen LogP contribution in [0, 0.1) is 17.0 Å². The number of nitrogens with two attached hydrogens (primary N) is 1. The normalized spacial score (nSPS) is 23.6. The van der Waals surface area contributed by atoms with E-state index in [2.05, 4.69) is 19.9 Å². The van der Waals surface area contributed by atoms with Gasteiger partial charge < -0.3 is 20.5 Å². The van der Waals surface area contributed by atoms with Crippen LogP contribution in [0.5, 0.6) is 6.01 Å². The van der Waals surface area contributed by atoms with Crippen LogP contribution in [0.3, 0.4) is 0 Å². The fourth-order valence-electron chi connectivity index (χ4n) is 9.00. The van der Waals surface area contributed by atoms with Crippen LogP contribution in [0.15, 0.2) is 18.2 Å². The molecule has 2 saturated heterocycles. The second-order valence-electron chi connectivity index (χ2n) is 13.7. The molecule has 8 nitrogen and oxygen atoms in total. The molecule has 3 N–H and O–H groups in total. The Bertz CT molecular complexity index is 1880. The largest absolute Gasteiger partial charge is 0.461 e. The number of rotatable bonds is 6. The number of hydrogen-bond donors (Lipinski definition) is 2. The number of thiazole rings is 1. The van der Waals surface area contributed by atoms with E-state index >= 15 is 4.39 Å². The van der Waals surface area contributed by atoms with E-state index in [-0.39, 0.29) is 61.8 Å². The zero-order valence-electron chi connectivity index (χ0n) is 25.8. The van der Waals surface area contributed by atoms with Gasteiger partial charge in [-0.3, -0.25) is 4.90 Å². The Labute approximate surface area is 271 Å². The maximum absolute atomic E-state index is 17.0. The number of alkyl halides is 3. The molecule has 14 heteroatoms. The first-order valence-electron chi connectivity index (χ1n) is 16.2. The minimum Gasteiger partial charge on any atom is -0.461 e. The number of anilines is 2. The van der Waals surface area contributed by atoms with Gasteiger partial charge >= 0.3 is 12.2 Å². The summed E-state index contributed by atoms with van der Waals surface area (Å²) >= 11 is 0.777. The molecule has 0 radical (unpaired) electrons. The molecule has 2 aliphatic carbocycles. The van der Waals surface area contributed by atoms with Crippen LogP contribution in [0.25, 0.3) is 32.2 Å². The summed E-state index contributed by atoms with van der Waals surface area (Å²) in [6.45, 7) is 2.21. The molecule has 2 unspecified atom stereocenters. The highest BCUT2D eigenvalue weighted by atomic mass is 32.1. The molecule has 8 rings (SSSR count). The quantitative estimate of drug-likeness (QED) is 0.213. The Balaban J connectivity index is 1.33. The highest BCUT2D eigenvalue weighted by Gasteiger charge is 2.57. The summed E-state index contributed by atoms with van der Waals surface area (Å²) in [6.07, 6.45) is 2.32. The lowest BCUT2D eigenvalue weighted by atomic mass is 9.60. The third-order valence-electron chi connectivity index (χ3n) is 11.4. The SMILES string of the molecule is CN(c1nc(OCC23CCCN2CCC3)nc2c(F)c(-c3ccc(F)c4sc(N)nc34)c(C(F)(F)F)cc12)C1CC(O)C12CCCC2. The van der Waals surface area contributed by atoms with E-state index in [1.807, 2.05) is 0 Å². The van der Waals surface area contributed by atoms with Crippen molar-refractivity contribution in [3.05, 3.63) is 35.4 Å². The molecular formula is C33H35F5N6O2S. The van der Waals surface area contributed by atoms with Crippen LogP contribution in [0.2, 0.25) is 0 Å².